The molecule has 7 heterocycles. The zero-order valence-corrected chi connectivity index (χ0v) is 99.1. The van der Waals surface area contributed by atoms with Crippen LogP contribution in [0.5, 0.6) is 0 Å². The number of benzene rings is 5. The normalized spacial score (nSPS) is 28.7. The van der Waals surface area contributed by atoms with Gasteiger partial charge in [-0.05, 0) is 233 Å². The van der Waals surface area contributed by atoms with Crippen LogP contribution in [0.15, 0.2) is 175 Å². The summed E-state index contributed by atoms with van der Waals surface area (Å²) in [5.74, 6) is -2.48. The lowest BCUT2D eigenvalue weighted by Crippen LogP contribution is -2.70. The quantitative estimate of drug-likeness (QED) is 0.0288. The van der Waals surface area contributed by atoms with Crippen LogP contribution in [0.1, 0.15) is 277 Å². The zero-order chi connectivity index (χ0) is 102. The molecule has 7 fully saturated rings. The number of amides is 1. The van der Waals surface area contributed by atoms with E-state index < -0.39 is 141 Å². The van der Waals surface area contributed by atoms with Crippen LogP contribution in [0.2, 0.25) is 95.7 Å². The van der Waals surface area contributed by atoms with Crippen LogP contribution in [0.25, 0.3) is 0 Å². The van der Waals surface area contributed by atoms with Crippen molar-refractivity contribution in [3.8, 4) is 0 Å². The van der Waals surface area contributed by atoms with Crippen molar-refractivity contribution in [2.24, 2.45) is 17.8 Å². The summed E-state index contributed by atoms with van der Waals surface area (Å²) in [6.07, 6.45) is 11.6. The molecule has 7 aliphatic heterocycles. The molecule has 7 saturated heterocycles. The molecule has 20 atom stereocenters. The summed E-state index contributed by atoms with van der Waals surface area (Å²) in [5, 5.41) is 7.21. The minimum atomic E-state index is -3.87. The van der Waals surface area contributed by atoms with E-state index in [9.17, 15) is 4.79 Å². The van der Waals surface area contributed by atoms with Crippen molar-refractivity contribution in [3.05, 3.63) is 175 Å². The summed E-state index contributed by atoms with van der Waals surface area (Å²) in [6.45, 7) is 75.4. The second kappa shape index (κ2) is 46.0. The van der Waals surface area contributed by atoms with Gasteiger partial charge in [0.1, 0.15) is 24.4 Å². The third-order valence-electron chi connectivity index (χ3n) is 33.7. The Kier molecular flexibility index (Phi) is 37.6. The minimum absolute atomic E-state index is 0.0287. The lowest BCUT2D eigenvalue weighted by atomic mass is 9.87. The van der Waals surface area contributed by atoms with E-state index in [1.54, 1.807) is 0 Å². The highest BCUT2D eigenvalue weighted by atomic mass is 28.4. The summed E-state index contributed by atoms with van der Waals surface area (Å²) in [6, 6.07) is 58.9. The first-order chi connectivity index (χ1) is 65.3. The fraction of sp³-hybridized carbons (Fsp3) is 0.696. The number of allylic oxidation sites excluding steroid dienone is 3. The maximum atomic E-state index is 14.3. The largest absolute Gasteiger partial charge is 0.416 e. The summed E-state index contributed by atoms with van der Waals surface area (Å²) < 4.78 is 119. The predicted octanol–water partition coefficient (Wildman–Crippen LogP) is 26.6. The van der Waals surface area contributed by atoms with Crippen LogP contribution in [0, 0.1) is 17.8 Å². The zero-order valence-electron chi connectivity index (χ0n) is 92.1. The summed E-state index contributed by atoms with van der Waals surface area (Å²) >= 11 is 0. The molecule has 17 nitrogen and oxygen atoms in total. The number of hydrogen-bond donors (Lipinski definition) is 1. The summed E-state index contributed by atoms with van der Waals surface area (Å²) in [4.78, 5) is 14.3. The van der Waals surface area contributed by atoms with Crippen LogP contribution in [0.4, 0.5) is 5.69 Å². The second-order valence-electron chi connectivity index (χ2n) is 49.1. The number of carbonyl (C=O) groups is 1. The van der Waals surface area contributed by atoms with E-state index in [1.807, 2.05) is 37.3 Å². The van der Waals surface area contributed by atoms with Crippen LogP contribution in [0.3, 0.4) is 0 Å². The number of anilines is 1. The predicted molar refractivity (Wildman–Crippen MR) is 588 cm³/mol. The van der Waals surface area contributed by atoms with Gasteiger partial charge >= 0.3 is 8.56 Å². The standard InChI is InChI=1S/C115H187NO16Si7/c1-33-135(34-2,35-3)127-101-80-112(27,106(130-139(132-108(17,18)19,93-61-50-42-51-62-93)94-63-52-43-53-64-94)97-68-73-114(122-97)71-54-65-95(121-114)89(16)107(117)116-90-55-44-39-45-56-90)125-104(101)100-81-113(82-119-138(110(23,24)25,91-57-46-40-47-58-91)92-59-48-41-49-60-92)74-75-115(123-100,131-113)102-69-72-111(26,124-102)79-87(14)77-86(13)66-67-96-98(126-133(28,29)30)78-99(120-96)105(129-136(36-4,37-5)38-6)103(128-134(31,32)109(20,21)22)88(15)70-76-118-137(83(7)8,84(9)10)85(11)12/h39-53,55-64,66-67,77,83-85,87-89,95-106H,33-38,54,65,68-76,78-82H2,1-32H3,(H,116,117)/b67-66+,86-77+/t87-,88+,89+,95-,96+,97-,98+,99-,100+,101+,102+,103+,104+,105+,106-,111+,112+,113-,114-,115+/m0/s1. The van der Waals surface area contributed by atoms with Gasteiger partial charge in [-0.2, -0.15) is 0 Å². The molecule has 0 saturated carbocycles. The Morgan fingerprint density at radius 3 is 1.60 bits per heavy atom. The highest BCUT2D eigenvalue weighted by molar-refractivity contribution is 6.99. The fourth-order valence-corrected chi connectivity index (χ4v) is 47.2. The Morgan fingerprint density at radius 2 is 1.09 bits per heavy atom. The molecule has 0 unspecified atom stereocenters. The average molecular weight is 2040 g/mol. The van der Waals surface area contributed by atoms with Gasteiger partial charge in [-0.1, -0.05) is 309 Å². The minimum Gasteiger partial charge on any atom is -0.416 e. The van der Waals surface area contributed by atoms with Crippen LogP contribution in [-0.2, 0) is 73.4 Å². The Balaban J connectivity index is 0.899. The molecule has 139 heavy (non-hydrogen) atoms. The van der Waals surface area contributed by atoms with Crippen LogP contribution < -0.4 is 26.1 Å². The van der Waals surface area contributed by atoms with Crippen molar-refractivity contribution in [2.75, 3.05) is 18.5 Å². The van der Waals surface area contributed by atoms with Gasteiger partial charge in [-0.3, -0.25) is 4.79 Å². The average Bonchev–Trinajstić information content (AvgIpc) is 1.56. The SMILES string of the molecule is CC[Si](CC)(CC)O[C@@H]([C@H](O[Si](C)(C)C(C)(C)C)[C@H](C)CCO[Si](C(C)C)(C(C)C)C(C)C)[C@@H]1C[C@@H](O[Si](C)(C)C)[C@@H](/C=C/C(C)=C/[C@H](C)C[C@@]2(C)CC[C@H]([C@]34CC[C@@](CO[Si](c5ccccc5)(c5ccccc5)C(C)(C)C)(C[C@H]([C@H]5O[C@@](C)([C@@H](O[Si](OC(C)(C)C)(c6ccccc6)c6ccccc6)[C@@H]6CC[C@]7(CCC[C@@H]([C@@H](C)C(=O)Nc8ccccc8)O7)O6)C[C@H]5O[Si](CC)(CC)CC)O3)O4)O2)O1. The summed E-state index contributed by atoms with van der Waals surface area (Å²) in [5.41, 5.74) is 0.200. The van der Waals surface area contributed by atoms with Crippen molar-refractivity contribution in [2.45, 2.75) is 480 Å². The monoisotopic (exact) mass is 2030 g/mol. The van der Waals surface area contributed by atoms with Crippen molar-refractivity contribution >= 4 is 90.8 Å². The smallest absolute Gasteiger partial charge is 0.407 e. The molecule has 1 N–H and O–H groups in total. The lowest BCUT2D eigenvalue weighted by Gasteiger charge is -2.50. The maximum Gasteiger partial charge on any atom is 0.407 e. The van der Waals surface area contributed by atoms with Crippen molar-refractivity contribution in [1.29, 1.82) is 0 Å². The topological polar surface area (TPSA) is 168 Å². The molecule has 5 aromatic rings. The molecule has 24 heteroatoms. The van der Waals surface area contributed by atoms with E-state index in [1.165, 1.54) is 15.9 Å². The Morgan fingerprint density at radius 1 is 0.547 bits per heavy atom. The highest BCUT2D eigenvalue weighted by Gasteiger charge is 2.69. The number of fused-ring (bicyclic) bond motifs is 2. The van der Waals surface area contributed by atoms with Gasteiger partial charge < -0.3 is 73.9 Å². The van der Waals surface area contributed by atoms with Crippen LogP contribution >= 0.6 is 0 Å². The molecular formula is C115H187NO16Si7. The van der Waals surface area contributed by atoms with Crippen molar-refractivity contribution < 1.29 is 73.4 Å². The van der Waals surface area contributed by atoms with Crippen molar-refractivity contribution in [3.63, 3.8) is 0 Å². The number of ether oxygens (including phenoxy) is 7. The molecule has 7 aliphatic rings. The van der Waals surface area contributed by atoms with E-state index >= 15 is 0 Å². The first-order valence-electron chi connectivity index (χ1n) is 54.3. The first kappa shape index (κ1) is 114. The lowest BCUT2D eigenvalue weighted by molar-refractivity contribution is -0.368. The first-order valence-corrected chi connectivity index (χ1v) is 71.6. The van der Waals surface area contributed by atoms with Gasteiger partial charge in [0.25, 0.3) is 8.32 Å². The molecule has 5 aromatic carbocycles. The molecule has 1 spiro atoms. The molecule has 776 valence electrons. The van der Waals surface area contributed by atoms with E-state index in [2.05, 4.69) is 358 Å². The van der Waals surface area contributed by atoms with Gasteiger partial charge in [0, 0.05) is 50.8 Å². The molecular weight excluding hydrogens is 1850 g/mol. The maximum absolute atomic E-state index is 14.3. The highest BCUT2D eigenvalue weighted by Crippen LogP contribution is 2.59. The van der Waals surface area contributed by atoms with Gasteiger partial charge in [0.05, 0.1) is 83.8 Å². The molecule has 0 radical (unpaired) electrons. The number of para-hydroxylation sites is 1. The Bertz CT molecular complexity index is 4610. The third kappa shape index (κ3) is 25.9. The second-order valence-corrected chi connectivity index (χ2v) is 80.4. The molecule has 2 bridgehead atoms. The molecule has 12 rings (SSSR count). The van der Waals surface area contributed by atoms with E-state index in [0.29, 0.717) is 74.8 Å². The van der Waals surface area contributed by atoms with E-state index in [0.717, 1.165) is 97.3 Å². The number of rotatable bonds is 46. The number of hydrogen-bond acceptors (Lipinski definition) is 16. The molecule has 0 aromatic heterocycles. The van der Waals surface area contributed by atoms with Gasteiger partial charge in [-0.25, -0.2) is 0 Å². The third-order valence-corrected chi connectivity index (χ3v) is 63.3. The van der Waals surface area contributed by atoms with E-state index in [4.69, 9.17) is 68.6 Å². The van der Waals surface area contributed by atoms with Gasteiger partial charge in [-0.15, -0.1) is 0 Å². The molecule has 1 amide bonds. The fourth-order valence-electron chi connectivity index (χ4n) is 25.0. The van der Waals surface area contributed by atoms with Crippen molar-refractivity contribution in [1.82, 2.24) is 0 Å². The Labute approximate surface area is 849 Å². The Hall–Kier alpha value is -4.03. The number of nitrogens with one attached hydrogen (secondary N) is 1. The van der Waals surface area contributed by atoms with E-state index in [-0.39, 0.29) is 58.3 Å². The molecule has 0 aliphatic carbocycles. The summed E-state index contributed by atoms with van der Waals surface area (Å²) in [7, 11) is -18.5. The van der Waals surface area contributed by atoms with Gasteiger partial charge in [0.15, 0.2) is 53.2 Å². The number of carbonyl (C=O) groups excluding carboxylic acids is 1. The van der Waals surface area contributed by atoms with Gasteiger partial charge in [0.2, 0.25) is 5.91 Å². The van der Waals surface area contributed by atoms with Crippen LogP contribution in [-0.4, -0.2) is 185 Å².